The first-order chi connectivity index (χ1) is 18.9. The summed E-state index contributed by atoms with van der Waals surface area (Å²) in [6.07, 6.45) is 8.71. The molecule has 1 saturated carbocycles. The number of phenols is 1. The average molecular weight is 560 g/mol. The molecule has 0 aromatic heterocycles. The molecule has 2 rings (SSSR count). The number of amides is 3. The Hall–Kier alpha value is -2.77. The Balaban J connectivity index is 2.54. The fraction of sp³-hybridized carbons (Fsp3) is 0.719. The third-order valence-corrected chi connectivity index (χ3v) is 7.76. The van der Waals surface area contributed by atoms with Crippen LogP contribution >= 0.6 is 0 Å². The van der Waals surface area contributed by atoms with Gasteiger partial charge in [0.1, 0.15) is 23.4 Å². The van der Waals surface area contributed by atoms with Crippen LogP contribution < -0.4 is 10.6 Å². The first kappa shape index (κ1) is 33.4. The Kier molecular flexibility index (Phi) is 13.3. The summed E-state index contributed by atoms with van der Waals surface area (Å²) in [5.41, 5.74) is 0.317. The lowest BCUT2D eigenvalue weighted by Gasteiger charge is -2.37. The van der Waals surface area contributed by atoms with Gasteiger partial charge in [-0.1, -0.05) is 83.9 Å². The summed E-state index contributed by atoms with van der Waals surface area (Å²) < 4.78 is 5.49. The monoisotopic (exact) mass is 559 g/mol. The molecule has 1 fully saturated rings. The van der Waals surface area contributed by atoms with Crippen LogP contribution in [0.2, 0.25) is 0 Å². The lowest BCUT2D eigenvalue weighted by molar-refractivity contribution is -0.144. The number of nitrogens with one attached hydrogen (secondary N) is 2. The largest absolute Gasteiger partial charge is 0.507 e. The zero-order valence-electron chi connectivity index (χ0n) is 25.8. The van der Waals surface area contributed by atoms with E-state index in [1.54, 1.807) is 50.8 Å². The van der Waals surface area contributed by atoms with Gasteiger partial charge in [-0.15, -0.1) is 0 Å². The molecule has 3 N–H and O–H groups in total. The quantitative estimate of drug-likeness (QED) is 0.238. The smallest absolute Gasteiger partial charge is 0.408 e. The SMILES string of the molecule is CCCCCCN(C(=O)C(NC(=O)OC(C)(C)C)C(C)CC)C(C(=O)NC1CCCCC1)c1cccc(C)c1O. The summed E-state index contributed by atoms with van der Waals surface area (Å²) in [6, 6.07) is 3.44. The third-order valence-electron chi connectivity index (χ3n) is 7.76. The Morgan fingerprint density at radius 3 is 2.35 bits per heavy atom. The lowest BCUT2D eigenvalue weighted by Crippen LogP contribution is -2.56. The number of rotatable bonds is 13. The van der Waals surface area contributed by atoms with E-state index in [2.05, 4.69) is 17.6 Å². The molecule has 3 atom stereocenters. The summed E-state index contributed by atoms with van der Waals surface area (Å²) in [4.78, 5) is 42.9. The van der Waals surface area contributed by atoms with Gasteiger partial charge in [0, 0.05) is 18.2 Å². The zero-order chi connectivity index (χ0) is 29.9. The zero-order valence-corrected chi connectivity index (χ0v) is 25.8. The predicted octanol–water partition coefficient (Wildman–Crippen LogP) is 6.54. The maximum Gasteiger partial charge on any atom is 0.408 e. The number of alkyl carbamates (subject to hydrolysis) is 1. The number of hydrogen-bond donors (Lipinski definition) is 3. The standard InChI is InChI=1S/C32H53N3O5/c1-8-10-11-15-21-35(30(38)26(22(3)9-2)34-31(39)40-32(5,6)7)27(25-20-16-17-23(4)28(25)36)29(37)33-24-18-13-12-14-19-24/h16-17,20,22,24,26-27,36H,8-15,18-19,21H2,1-7H3,(H,33,37)(H,34,39). The molecule has 8 nitrogen and oxygen atoms in total. The first-order valence-electron chi connectivity index (χ1n) is 15.3. The van der Waals surface area contributed by atoms with Gasteiger partial charge in [-0.2, -0.15) is 0 Å². The fourth-order valence-corrected chi connectivity index (χ4v) is 5.25. The molecular weight excluding hydrogens is 506 g/mol. The molecule has 1 aliphatic rings. The second-order valence-corrected chi connectivity index (χ2v) is 12.4. The molecule has 3 amide bonds. The molecule has 1 aromatic carbocycles. The summed E-state index contributed by atoms with van der Waals surface area (Å²) in [5, 5.41) is 17.1. The lowest BCUT2D eigenvalue weighted by atomic mass is 9.93. The summed E-state index contributed by atoms with van der Waals surface area (Å²) >= 11 is 0. The number of ether oxygens (including phenoxy) is 1. The first-order valence-corrected chi connectivity index (χ1v) is 15.3. The van der Waals surface area contributed by atoms with Gasteiger partial charge in [-0.3, -0.25) is 9.59 Å². The molecule has 1 aliphatic carbocycles. The molecule has 0 aliphatic heterocycles. The van der Waals surface area contributed by atoms with Crippen LogP contribution in [-0.4, -0.2) is 52.1 Å². The van der Waals surface area contributed by atoms with Gasteiger partial charge >= 0.3 is 6.09 Å². The molecule has 0 saturated heterocycles. The van der Waals surface area contributed by atoms with Crippen molar-refractivity contribution in [1.82, 2.24) is 15.5 Å². The van der Waals surface area contributed by atoms with E-state index in [0.29, 0.717) is 30.5 Å². The molecule has 1 aromatic rings. The van der Waals surface area contributed by atoms with Crippen LogP contribution in [0.4, 0.5) is 4.79 Å². The van der Waals surface area contributed by atoms with Crippen LogP contribution in [0.3, 0.4) is 0 Å². The average Bonchev–Trinajstić information content (AvgIpc) is 2.90. The number of aryl methyl sites for hydroxylation is 1. The molecule has 226 valence electrons. The number of hydrogen-bond acceptors (Lipinski definition) is 5. The van der Waals surface area contributed by atoms with Crippen LogP contribution in [-0.2, 0) is 14.3 Å². The number of carbonyl (C=O) groups excluding carboxylic acids is 3. The molecule has 40 heavy (non-hydrogen) atoms. The van der Waals surface area contributed by atoms with Crippen LogP contribution in [0, 0.1) is 12.8 Å². The van der Waals surface area contributed by atoms with Gasteiger partial charge in [-0.25, -0.2) is 4.79 Å². The fourth-order valence-electron chi connectivity index (χ4n) is 5.25. The van der Waals surface area contributed by atoms with Gasteiger partial charge in [0.15, 0.2) is 0 Å². The number of phenolic OH excluding ortho intramolecular Hbond substituents is 1. The van der Waals surface area contributed by atoms with Crippen molar-refractivity contribution in [3.63, 3.8) is 0 Å². The van der Waals surface area contributed by atoms with Crippen molar-refractivity contribution in [1.29, 1.82) is 0 Å². The normalized spacial score (nSPS) is 16.5. The van der Waals surface area contributed by atoms with E-state index in [4.69, 9.17) is 4.74 Å². The van der Waals surface area contributed by atoms with Crippen molar-refractivity contribution in [2.45, 2.75) is 136 Å². The van der Waals surface area contributed by atoms with E-state index in [0.717, 1.165) is 51.4 Å². The second-order valence-electron chi connectivity index (χ2n) is 12.4. The molecule has 8 heteroatoms. The van der Waals surface area contributed by atoms with Crippen molar-refractivity contribution >= 4 is 17.9 Å². The van der Waals surface area contributed by atoms with Crippen molar-refractivity contribution in [2.24, 2.45) is 5.92 Å². The number of nitrogens with zero attached hydrogens (tertiary/aromatic N) is 1. The molecule has 0 bridgehead atoms. The van der Waals surface area contributed by atoms with E-state index in [1.807, 2.05) is 13.8 Å². The number of aromatic hydroxyl groups is 1. The van der Waals surface area contributed by atoms with Gasteiger partial charge in [0.25, 0.3) is 0 Å². The van der Waals surface area contributed by atoms with E-state index in [9.17, 15) is 19.5 Å². The van der Waals surface area contributed by atoms with Crippen molar-refractivity contribution in [2.75, 3.05) is 6.54 Å². The van der Waals surface area contributed by atoms with Gasteiger partial charge < -0.3 is 25.4 Å². The maximum atomic E-state index is 14.4. The number of unbranched alkanes of at least 4 members (excludes halogenated alkanes) is 3. The minimum absolute atomic E-state index is 0.0119. The molecule has 0 spiro atoms. The highest BCUT2D eigenvalue weighted by Crippen LogP contribution is 2.34. The minimum atomic E-state index is -1.03. The molecule has 3 unspecified atom stereocenters. The van der Waals surface area contributed by atoms with Crippen molar-refractivity contribution in [3.05, 3.63) is 29.3 Å². The van der Waals surface area contributed by atoms with Gasteiger partial charge in [0.2, 0.25) is 11.8 Å². The number of carbonyl (C=O) groups is 3. The second kappa shape index (κ2) is 15.9. The molecular formula is C32H53N3O5. The highest BCUT2D eigenvalue weighted by molar-refractivity contribution is 5.93. The third kappa shape index (κ3) is 10.0. The van der Waals surface area contributed by atoms with Gasteiger partial charge in [0.05, 0.1) is 0 Å². The maximum absolute atomic E-state index is 14.4. The Bertz CT molecular complexity index is 968. The summed E-state index contributed by atoms with van der Waals surface area (Å²) in [7, 11) is 0. The van der Waals surface area contributed by atoms with Crippen molar-refractivity contribution < 1.29 is 24.2 Å². The van der Waals surface area contributed by atoms with Crippen molar-refractivity contribution in [3.8, 4) is 5.75 Å². The topological polar surface area (TPSA) is 108 Å². The van der Waals surface area contributed by atoms with Crippen LogP contribution in [0.5, 0.6) is 5.75 Å². The summed E-state index contributed by atoms with van der Waals surface area (Å²) in [6.45, 7) is 13.4. The molecule has 0 heterocycles. The van der Waals surface area contributed by atoms with E-state index in [1.165, 1.54) is 0 Å². The van der Waals surface area contributed by atoms with Gasteiger partial charge in [-0.05, 0) is 58.4 Å². The molecule has 0 radical (unpaired) electrons. The number of benzene rings is 1. The van der Waals surface area contributed by atoms with E-state index < -0.39 is 23.8 Å². The minimum Gasteiger partial charge on any atom is -0.507 e. The van der Waals surface area contributed by atoms with E-state index in [-0.39, 0.29) is 29.5 Å². The van der Waals surface area contributed by atoms with Crippen LogP contribution in [0.25, 0.3) is 0 Å². The Morgan fingerprint density at radius 1 is 1.07 bits per heavy atom. The highest BCUT2D eigenvalue weighted by Gasteiger charge is 2.39. The Labute approximate surface area is 241 Å². The Morgan fingerprint density at radius 2 is 1.75 bits per heavy atom. The van der Waals surface area contributed by atoms with Crippen LogP contribution in [0.15, 0.2) is 18.2 Å². The number of para-hydroxylation sites is 1. The van der Waals surface area contributed by atoms with Crippen LogP contribution in [0.1, 0.15) is 123 Å². The predicted molar refractivity (Wildman–Crippen MR) is 159 cm³/mol. The highest BCUT2D eigenvalue weighted by atomic mass is 16.6. The van der Waals surface area contributed by atoms with E-state index >= 15 is 0 Å². The summed E-state index contributed by atoms with van der Waals surface area (Å²) in [5.74, 6) is -0.831.